The van der Waals surface area contributed by atoms with Gasteiger partial charge >= 0.3 is 6.61 Å². The molecule has 3 aromatic carbocycles. The number of hydrogen-bond acceptors (Lipinski definition) is 3. The lowest BCUT2D eigenvalue weighted by Crippen LogP contribution is -2.34. The summed E-state index contributed by atoms with van der Waals surface area (Å²) in [5.74, 6) is -2.82. The number of ether oxygens (including phenoxy) is 1. The third-order valence-electron chi connectivity index (χ3n) is 6.34. The summed E-state index contributed by atoms with van der Waals surface area (Å²) in [6, 6.07) is 12.2. The molecular formula is C29H24BrF4N3O3. The molecule has 0 atom stereocenters. The molecule has 2 amide bonds. The smallest absolute Gasteiger partial charge is 0.387 e. The van der Waals surface area contributed by atoms with Crippen molar-refractivity contribution in [1.29, 1.82) is 0 Å². The molecule has 6 nitrogen and oxygen atoms in total. The van der Waals surface area contributed by atoms with Crippen molar-refractivity contribution < 1.29 is 31.9 Å². The van der Waals surface area contributed by atoms with Gasteiger partial charge in [-0.2, -0.15) is 8.78 Å². The van der Waals surface area contributed by atoms with Gasteiger partial charge in [-0.05, 0) is 78.4 Å². The molecule has 1 saturated carbocycles. The highest BCUT2D eigenvalue weighted by Gasteiger charge is 2.31. The average Bonchev–Trinajstić information content (AvgIpc) is 3.72. The van der Waals surface area contributed by atoms with Crippen LogP contribution in [-0.4, -0.2) is 25.0 Å². The van der Waals surface area contributed by atoms with Crippen molar-refractivity contribution in [3.63, 3.8) is 0 Å². The van der Waals surface area contributed by atoms with Gasteiger partial charge in [-0.25, -0.2) is 13.6 Å². The Kier molecular flexibility index (Phi) is 8.49. The lowest BCUT2D eigenvalue weighted by atomic mass is 9.99. The Bertz CT molecular complexity index is 1480. The largest absolute Gasteiger partial charge is 0.433 e. The topological polar surface area (TPSA) is 63.0 Å². The van der Waals surface area contributed by atoms with E-state index in [2.05, 4.69) is 30.8 Å². The normalized spacial score (nSPS) is 13.1. The zero-order valence-corrected chi connectivity index (χ0v) is 23.1. The maximum atomic E-state index is 15.9. The second-order valence-electron chi connectivity index (χ2n) is 9.79. The van der Waals surface area contributed by atoms with Gasteiger partial charge in [-0.1, -0.05) is 30.3 Å². The van der Waals surface area contributed by atoms with E-state index < -0.39 is 41.2 Å². The van der Waals surface area contributed by atoms with Gasteiger partial charge < -0.3 is 15.0 Å². The van der Waals surface area contributed by atoms with Crippen LogP contribution in [-0.2, 0) is 5.67 Å². The molecule has 1 fully saturated rings. The molecule has 1 aliphatic rings. The molecular weight excluding hydrogens is 594 g/mol. The van der Waals surface area contributed by atoms with E-state index in [1.807, 2.05) is 0 Å². The van der Waals surface area contributed by atoms with E-state index >= 15 is 4.39 Å². The van der Waals surface area contributed by atoms with Crippen LogP contribution in [0.5, 0.6) is 5.75 Å². The number of rotatable bonds is 9. The van der Waals surface area contributed by atoms with E-state index in [0.29, 0.717) is 5.69 Å². The van der Waals surface area contributed by atoms with E-state index in [1.54, 1.807) is 0 Å². The molecule has 3 aromatic rings. The minimum Gasteiger partial charge on any atom is -0.433 e. The minimum absolute atomic E-state index is 0.0138. The third-order valence-corrected chi connectivity index (χ3v) is 6.96. The lowest BCUT2D eigenvalue weighted by Gasteiger charge is -2.24. The van der Waals surface area contributed by atoms with Crippen LogP contribution in [0.4, 0.5) is 34.6 Å². The van der Waals surface area contributed by atoms with Crippen molar-refractivity contribution in [1.82, 2.24) is 0 Å². The van der Waals surface area contributed by atoms with E-state index in [0.717, 1.165) is 18.9 Å². The molecule has 4 rings (SSSR count). The first-order chi connectivity index (χ1) is 18.9. The van der Waals surface area contributed by atoms with Crippen molar-refractivity contribution >= 4 is 44.8 Å². The van der Waals surface area contributed by atoms with Crippen LogP contribution in [0.15, 0.2) is 59.1 Å². The predicted molar refractivity (Wildman–Crippen MR) is 146 cm³/mol. The summed E-state index contributed by atoms with van der Waals surface area (Å²) >= 11 is 3.16. The van der Waals surface area contributed by atoms with Crippen molar-refractivity contribution in [3.8, 4) is 5.75 Å². The Morgan fingerprint density at radius 2 is 1.85 bits per heavy atom. The second kappa shape index (κ2) is 11.7. The summed E-state index contributed by atoms with van der Waals surface area (Å²) < 4.78 is 61.2. The first-order valence-corrected chi connectivity index (χ1v) is 13.0. The number of halogens is 5. The molecule has 40 heavy (non-hydrogen) atoms. The molecule has 0 aliphatic heterocycles. The van der Waals surface area contributed by atoms with Crippen LogP contribution >= 0.6 is 15.9 Å². The maximum Gasteiger partial charge on any atom is 0.387 e. The lowest BCUT2D eigenvalue weighted by molar-refractivity contribution is -0.0495. The average molecular weight is 618 g/mol. The standard InChI is InChI=1S/C29H24BrF4N3O3/c1-29(2,34)18-13-21(30)25(23(14-18)40-28(32)33)36-26(38)20-5-4-6-22(24(20)31)37(15-16-7-8-16)27(39)17-9-11-19(35-3)12-10-17/h4-6,9-14,16,28H,7-8,15H2,1-2H3,(H,36,38). The molecule has 1 N–H and O–H groups in total. The second-order valence-corrected chi connectivity index (χ2v) is 10.6. The third kappa shape index (κ3) is 6.62. The molecule has 11 heteroatoms. The van der Waals surface area contributed by atoms with Gasteiger partial charge in [0, 0.05) is 16.6 Å². The van der Waals surface area contributed by atoms with Crippen molar-refractivity contribution in [3.05, 3.63) is 93.0 Å². The van der Waals surface area contributed by atoms with Crippen molar-refractivity contribution in [2.75, 3.05) is 16.8 Å². The van der Waals surface area contributed by atoms with Gasteiger partial charge in [0.2, 0.25) is 0 Å². The molecule has 0 saturated heterocycles. The Labute approximate surface area is 236 Å². The molecule has 0 aromatic heterocycles. The van der Waals surface area contributed by atoms with Crippen LogP contribution in [0.2, 0.25) is 0 Å². The fourth-order valence-corrected chi connectivity index (χ4v) is 4.54. The van der Waals surface area contributed by atoms with E-state index in [4.69, 9.17) is 6.57 Å². The summed E-state index contributed by atoms with van der Waals surface area (Å²) in [6.45, 7) is 6.50. The number of alkyl halides is 3. The van der Waals surface area contributed by atoms with Crippen molar-refractivity contribution in [2.45, 2.75) is 39.0 Å². The fourth-order valence-electron chi connectivity index (χ4n) is 4.00. The first kappa shape index (κ1) is 29.1. The van der Waals surface area contributed by atoms with E-state index in [9.17, 15) is 22.8 Å². The molecule has 0 heterocycles. The molecule has 0 spiro atoms. The number of anilines is 2. The highest BCUT2D eigenvalue weighted by Crippen LogP contribution is 2.40. The summed E-state index contributed by atoms with van der Waals surface area (Å²) in [5, 5.41) is 2.37. The van der Waals surface area contributed by atoms with Crippen LogP contribution in [0.25, 0.3) is 4.85 Å². The summed E-state index contributed by atoms with van der Waals surface area (Å²) in [7, 11) is 0. The highest BCUT2D eigenvalue weighted by molar-refractivity contribution is 9.10. The zero-order chi connectivity index (χ0) is 29.2. The number of hydrogen-bond donors (Lipinski definition) is 1. The van der Waals surface area contributed by atoms with Gasteiger partial charge in [0.1, 0.15) is 5.67 Å². The van der Waals surface area contributed by atoms with Crippen LogP contribution in [0.1, 0.15) is 53.0 Å². The van der Waals surface area contributed by atoms with E-state index in [-0.39, 0.29) is 39.4 Å². The summed E-state index contributed by atoms with van der Waals surface area (Å²) in [6.07, 6.45) is 1.74. The number of benzene rings is 3. The van der Waals surface area contributed by atoms with Gasteiger partial charge in [-0.3, -0.25) is 9.59 Å². The van der Waals surface area contributed by atoms with Crippen LogP contribution in [0.3, 0.4) is 0 Å². The zero-order valence-electron chi connectivity index (χ0n) is 21.5. The van der Waals surface area contributed by atoms with Crippen molar-refractivity contribution in [2.24, 2.45) is 5.92 Å². The number of carbonyl (C=O) groups is 2. The number of nitrogens with one attached hydrogen (secondary N) is 1. The summed E-state index contributed by atoms with van der Waals surface area (Å²) in [4.78, 5) is 31.2. The van der Waals surface area contributed by atoms with Crippen LogP contribution in [0, 0.1) is 18.3 Å². The Balaban J connectivity index is 1.69. The minimum atomic E-state index is -3.27. The molecule has 0 unspecified atom stereocenters. The maximum absolute atomic E-state index is 15.9. The fraction of sp³-hybridized carbons (Fsp3) is 0.276. The Morgan fingerprint density at radius 1 is 1.18 bits per heavy atom. The first-order valence-electron chi connectivity index (χ1n) is 12.3. The van der Waals surface area contributed by atoms with Gasteiger partial charge in [0.25, 0.3) is 11.8 Å². The van der Waals surface area contributed by atoms with Gasteiger partial charge in [0.05, 0.1) is 23.5 Å². The number of amides is 2. The quantitative estimate of drug-likeness (QED) is 0.194. The SMILES string of the molecule is [C-]#[N+]c1ccc(C(=O)N(CC2CC2)c2cccc(C(=O)Nc3c(Br)cc(C(C)(C)F)cc3OC(F)F)c2F)cc1. The Hall–Kier alpha value is -3.91. The van der Waals surface area contributed by atoms with E-state index in [1.165, 1.54) is 67.3 Å². The monoisotopic (exact) mass is 617 g/mol. The number of nitrogens with zero attached hydrogens (tertiary/aromatic N) is 2. The molecule has 1 aliphatic carbocycles. The van der Waals surface area contributed by atoms with Gasteiger partial charge in [-0.15, -0.1) is 0 Å². The summed E-state index contributed by atoms with van der Waals surface area (Å²) in [5.41, 5.74) is -2.11. The Morgan fingerprint density at radius 3 is 2.42 bits per heavy atom. The predicted octanol–water partition coefficient (Wildman–Crippen LogP) is 8.25. The molecule has 0 bridgehead atoms. The highest BCUT2D eigenvalue weighted by atomic mass is 79.9. The van der Waals surface area contributed by atoms with Gasteiger partial charge in [0.15, 0.2) is 17.3 Å². The molecule has 0 radical (unpaired) electrons. The molecule has 208 valence electrons. The number of carbonyl (C=O) groups excluding carboxylic acids is 2. The van der Waals surface area contributed by atoms with Crippen LogP contribution < -0.4 is 15.0 Å².